The summed E-state index contributed by atoms with van der Waals surface area (Å²) in [5.74, 6) is -0.573. The molecule has 0 aliphatic rings. The molecule has 1 unspecified atom stereocenters. The zero-order valence-electron chi connectivity index (χ0n) is 23.9. The summed E-state index contributed by atoms with van der Waals surface area (Å²) in [7, 11) is 0. The second kappa shape index (κ2) is 19.2. The van der Waals surface area contributed by atoms with Crippen molar-refractivity contribution < 1.29 is 19.1 Å². The minimum absolute atomic E-state index is 0.186. The Bertz CT molecular complexity index is 516. The number of carbonyl (C=O) groups is 2. The number of hydrogen-bond donors (Lipinski definition) is 0. The lowest BCUT2D eigenvalue weighted by atomic mass is 9.82. The molecule has 202 valence electrons. The van der Waals surface area contributed by atoms with E-state index in [1.54, 1.807) is 0 Å². The molecule has 0 heterocycles. The second-order valence-electron chi connectivity index (χ2n) is 11.6. The van der Waals surface area contributed by atoms with E-state index in [1.807, 2.05) is 13.8 Å². The molecule has 4 heteroatoms. The lowest BCUT2D eigenvalue weighted by molar-refractivity contribution is -0.174. The molecule has 0 saturated carbocycles. The van der Waals surface area contributed by atoms with Crippen molar-refractivity contribution >= 4 is 11.9 Å². The topological polar surface area (TPSA) is 52.6 Å². The van der Waals surface area contributed by atoms with Gasteiger partial charge in [0.2, 0.25) is 0 Å². The van der Waals surface area contributed by atoms with Gasteiger partial charge in [0.1, 0.15) is 0 Å². The third kappa shape index (κ3) is 15.0. The molecule has 0 spiro atoms. The van der Waals surface area contributed by atoms with E-state index >= 15 is 0 Å². The molecule has 4 nitrogen and oxygen atoms in total. The number of hydrogen-bond acceptors (Lipinski definition) is 4. The highest BCUT2D eigenvalue weighted by atomic mass is 16.6. The first-order valence-electron chi connectivity index (χ1n) is 14.5. The predicted molar refractivity (Wildman–Crippen MR) is 144 cm³/mol. The Hall–Kier alpha value is -1.06. The largest absolute Gasteiger partial charge is 0.465 e. The Morgan fingerprint density at radius 3 is 1.47 bits per heavy atom. The number of carbonyl (C=O) groups excluding carboxylic acids is 2. The zero-order chi connectivity index (χ0) is 25.9. The van der Waals surface area contributed by atoms with Gasteiger partial charge < -0.3 is 9.47 Å². The number of ether oxygens (including phenoxy) is 2. The zero-order valence-corrected chi connectivity index (χ0v) is 23.9. The van der Waals surface area contributed by atoms with Crippen LogP contribution in [0.4, 0.5) is 0 Å². The van der Waals surface area contributed by atoms with Crippen molar-refractivity contribution in [1.82, 2.24) is 0 Å². The van der Waals surface area contributed by atoms with E-state index in [4.69, 9.17) is 9.47 Å². The maximum atomic E-state index is 12.9. The average molecular weight is 483 g/mol. The van der Waals surface area contributed by atoms with Gasteiger partial charge in [-0.25, -0.2) is 0 Å². The molecule has 0 radical (unpaired) electrons. The van der Waals surface area contributed by atoms with Crippen molar-refractivity contribution in [3.63, 3.8) is 0 Å². The van der Waals surface area contributed by atoms with Gasteiger partial charge in [-0.1, -0.05) is 126 Å². The van der Waals surface area contributed by atoms with Crippen molar-refractivity contribution in [2.45, 2.75) is 151 Å². The minimum Gasteiger partial charge on any atom is -0.465 e. The van der Waals surface area contributed by atoms with Gasteiger partial charge in [0.05, 0.1) is 13.2 Å². The number of rotatable bonds is 21. The molecule has 0 amide bonds. The van der Waals surface area contributed by atoms with Crippen LogP contribution in [0, 0.1) is 16.7 Å². The maximum Gasteiger partial charge on any atom is 0.323 e. The van der Waals surface area contributed by atoms with Crippen molar-refractivity contribution in [3.05, 3.63) is 0 Å². The van der Waals surface area contributed by atoms with Crippen LogP contribution in [0.2, 0.25) is 0 Å². The fourth-order valence-corrected chi connectivity index (χ4v) is 4.79. The van der Waals surface area contributed by atoms with Crippen LogP contribution in [0.25, 0.3) is 0 Å². The van der Waals surface area contributed by atoms with Crippen molar-refractivity contribution in [2.75, 3.05) is 13.2 Å². The lowest BCUT2D eigenvalue weighted by Gasteiger charge is -2.28. The third-order valence-corrected chi connectivity index (χ3v) is 6.93. The highest BCUT2D eigenvalue weighted by molar-refractivity contribution is 6.00. The Balaban J connectivity index is 4.07. The molecule has 0 aromatic heterocycles. The van der Waals surface area contributed by atoms with Crippen LogP contribution in [-0.2, 0) is 19.1 Å². The fraction of sp³-hybridized carbons (Fsp3) is 0.933. The van der Waals surface area contributed by atoms with E-state index in [2.05, 4.69) is 34.6 Å². The smallest absolute Gasteiger partial charge is 0.323 e. The first-order valence-corrected chi connectivity index (χ1v) is 14.5. The van der Waals surface area contributed by atoms with Crippen LogP contribution < -0.4 is 0 Å². The van der Waals surface area contributed by atoms with Crippen molar-refractivity contribution in [2.24, 2.45) is 16.7 Å². The van der Waals surface area contributed by atoms with Gasteiger partial charge in [-0.05, 0) is 37.0 Å². The first kappa shape index (κ1) is 32.9. The molecule has 0 aliphatic carbocycles. The summed E-state index contributed by atoms with van der Waals surface area (Å²) < 4.78 is 11.2. The molecule has 0 aromatic carbocycles. The second-order valence-corrected chi connectivity index (χ2v) is 11.6. The Kier molecular flexibility index (Phi) is 18.6. The predicted octanol–water partition coefficient (Wildman–Crippen LogP) is 9.04. The quantitative estimate of drug-likeness (QED) is 0.0930. The molecule has 0 saturated heterocycles. The first-order chi connectivity index (χ1) is 16.1. The SMILES string of the molecule is CCCCCCCCCCCCCCCOC(=O)C(CC)(CC)C(=O)OCC(C)CC(C)(C)C. The van der Waals surface area contributed by atoms with E-state index in [-0.39, 0.29) is 11.3 Å². The molecule has 0 fully saturated rings. The summed E-state index contributed by atoms with van der Waals surface area (Å²) in [4.78, 5) is 25.7. The molecule has 0 rings (SSSR count). The summed E-state index contributed by atoms with van der Waals surface area (Å²) in [6.45, 7) is 15.4. The van der Waals surface area contributed by atoms with E-state index in [0.717, 1.165) is 19.3 Å². The van der Waals surface area contributed by atoms with Crippen LogP contribution in [-0.4, -0.2) is 25.2 Å². The Morgan fingerprint density at radius 1 is 0.647 bits per heavy atom. The van der Waals surface area contributed by atoms with Gasteiger partial charge in [-0.3, -0.25) is 9.59 Å². The van der Waals surface area contributed by atoms with Crippen LogP contribution >= 0.6 is 0 Å². The molecular formula is C30H58O4. The summed E-state index contributed by atoms with van der Waals surface area (Å²) >= 11 is 0. The standard InChI is InChI=1S/C30H58O4/c1-8-11-12-13-14-15-16-17-18-19-20-21-22-23-33-27(31)30(9-2,10-3)28(32)34-25-26(4)24-29(5,6)7/h26H,8-25H2,1-7H3. The van der Waals surface area contributed by atoms with Gasteiger partial charge in [-0.15, -0.1) is 0 Å². The van der Waals surface area contributed by atoms with Gasteiger partial charge in [0.25, 0.3) is 0 Å². The van der Waals surface area contributed by atoms with Gasteiger partial charge in [0.15, 0.2) is 5.41 Å². The summed E-state index contributed by atoms with van der Waals surface area (Å²) in [5, 5.41) is 0. The van der Waals surface area contributed by atoms with Gasteiger partial charge in [0, 0.05) is 0 Å². The normalized spacial score (nSPS) is 13.0. The van der Waals surface area contributed by atoms with E-state index < -0.39 is 17.4 Å². The highest BCUT2D eigenvalue weighted by Crippen LogP contribution is 2.31. The number of esters is 2. The molecule has 0 aromatic rings. The lowest BCUT2D eigenvalue weighted by Crippen LogP contribution is -2.41. The summed E-state index contributed by atoms with van der Waals surface area (Å²) in [5.41, 5.74) is -0.983. The minimum atomic E-state index is -1.17. The van der Waals surface area contributed by atoms with E-state index in [9.17, 15) is 9.59 Å². The van der Waals surface area contributed by atoms with E-state index in [0.29, 0.717) is 26.1 Å². The monoisotopic (exact) mass is 482 g/mol. The molecule has 34 heavy (non-hydrogen) atoms. The summed E-state index contributed by atoms with van der Waals surface area (Å²) in [6.07, 6.45) is 18.5. The van der Waals surface area contributed by atoms with Crippen LogP contribution in [0.1, 0.15) is 151 Å². The van der Waals surface area contributed by atoms with Crippen LogP contribution in [0.15, 0.2) is 0 Å². The third-order valence-electron chi connectivity index (χ3n) is 6.93. The average Bonchev–Trinajstić information content (AvgIpc) is 2.78. The molecule has 0 bridgehead atoms. The molecule has 0 aliphatic heterocycles. The van der Waals surface area contributed by atoms with Crippen molar-refractivity contribution in [1.29, 1.82) is 0 Å². The van der Waals surface area contributed by atoms with Crippen LogP contribution in [0.5, 0.6) is 0 Å². The van der Waals surface area contributed by atoms with Gasteiger partial charge in [-0.2, -0.15) is 0 Å². The molecule has 0 N–H and O–H groups in total. The van der Waals surface area contributed by atoms with E-state index in [1.165, 1.54) is 70.6 Å². The molecular weight excluding hydrogens is 424 g/mol. The summed E-state index contributed by atoms with van der Waals surface area (Å²) in [6, 6.07) is 0. The van der Waals surface area contributed by atoms with Gasteiger partial charge >= 0.3 is 11.9 Å². The van der Waals surface area contributed by atoms with Crippen molar-refractivity contribution in [3.8, 4) is 0 Å². The fourth-order valence-electron chi connectivity index (χ4n) is 4.79. The highest BCUT2D eigenvalue weighted by Gasteiger charge is 2.46. The number of unbranched alkanes of at least 4 members (excludes halogenated alkanes) is 12. The molecule has 1 atom stereocenters. The maximum absolute atomic E-state index is 12.9. The van der Waals surface area contributed by atoms with Crippen LogP contribution in [0.3, 0.4) is 0 Å². The Morgan fingerprint density at radius 2 is 1.06 bits per heavy atom. The Labute approximate surface area is 212 Å².